The van der Waals surface area contributed by atoms with E-state index in [0.717, 1.165) is 37.9 Å². The van der Waals surface area contributed by atoms with Crippen molar-refractivity contribution >= 4 is 11.9 Å². The van der Waals surface area contributed by atoms with E-state index in [1.165, 1.54) is 5.56 Å². The number of ether oxygens (including phenoxy) is 3. The second-order valence-corrected chi connectivity index (χ2v) is 8.85. The summed E-state index contributed by atoms with van der Waals surface area (Å²) < 4.78 is 16.3. The van der Waals surface area contributed by atoms with Crippen molar-refractivity contribution < 1.29 is 23.8 Å². The van der Waals surface area contributed by atoms with Crippen LogP contribution in [-0.4, -0.2) is 24.1 Å². The van der Waals surface area contributed by atoms with Crippen LogP contribution in [0.3, 0.4) is 0 Å². The molecule has 0 bridgehead atoms. The van der Waals surface area contributed by atoms with E-state index in [1.807, 2.05) is 32.9 Å². The van der Waals surface area contributed by atoms with Crippen molar-refractivity contribution in [2.45, 2.75) is 65.4 Å². The van der Waals surface area contributed by atoms with Gasteiger partial charge in [-0.2, -0.15) is 0 Å². The van der Waals surface area contributed by atoms with Crippen molar-refractivity contribution in [1.82, 2.24) is 0 Å². The SMILES string of the molecule is C=C(C)C(=O)OCCCCCCc1ccc(C(=O)Oc2ccc(OC(C)(C)C)cc2)cc1. The van der Waals surface area contributed by atoms with Gasteiger partial charge >= 0.3 is 11.9 Å². The lowest BCUT2D eigenvalue weighted by atomic mass is 10.0. The van der Waals surface area contributed by atoms with Crippen LogP contribution in [-0.2, 0) is 16.0 Å². The van der Waals surface area contributed by atoms with Crippen LogP contribution in [0.5, 0.6) is 11.5 Å². The summed E-state index contributed by atoms with van der Waals surface area (Å²) >= 11 is 0. The third-order valence-electron chi connectivity index (χ3n) is 4.59. The fourth-order valence-electron chi connectivity index (χ4n) is 2.98. The van der Waals surface area contributed by atoms with Crippen molar-refractivity contribution in [2.75, 3.05) is 6.61 Å². The van der Waals surface area contributed by atoms with E-state index in [-0.39, 0.29) is 17.5 Å². The van der Waals surface area contributed by atoms with Gasteiger partial charge < -0.3 is 14.2 Å². The maximum Gasteiger partial charge on any atom is 0.343 e. The Labute approximate surface area is 191 Å². The van der Waals surface area contributed by atoms with Gasteiger partial charge in [0, 0.05) is 5.57 Å². The average Bonchev–Trinajstić information content (AvgIpc) is 2.73. The Morgan fingerprint density at radius 2 is 1.44 bits per heavy atom. The molecule has 0 aromatic heterocycles. The first-order valence-electron chi connectivity index (χ1n) is 11.1. The molecule has 2 aromatic rings. The molecule has 0 aliphatic heterocycles. The number of unbranched alkanes of at least 4 members (excludes halogenated alkanes) is 3. The molecule has 0 amide bonds. The molecular formula is C27H34O5. The smallest absolute Gasteiger partial charge is 0.343 e. The van der Waals surface area contributed by atoms with Crippen LogP contribution in [0.1, 0.15) is 69.3 Å². The summed E-state index contributed by atoms with van der Waals surface area (Å²) in [7, 11) is 0. The van der Waals surface area contributed by atoms with Crippen molar-refractivity contribution in [3.05, 3.63) is 71.8 Å². The zero-order chi connectivity index (χ0) is 23.6. The van der Waals surface area contributed by atoms with Crippen molar-refractivity contribution in [1.29, 1.82) is 0 Å². The van der Waals surface area contributed by atoms with Gasteiger partial charge in [0.25, 0.3) is 0 Å². The number of benzene rings is 2. The fourth-order valence-corrected chi connectivity index (χ4v) is 2.98. The van der Waals surface area contributed by atoms with E-state index in [9.17, 15) is 9.59 Å². The summed E-state index contributed by atoms with van der Waals surface area (Å²) in [6, 6.07) is 14.6. The summed E-state index contributed by atoms with van der Waals surface area (Å²) in [6.07, 6.45) is 4.90. The second kappa shape index (κ2) is 12.1. The maximum absolute atomic E-state index is 12.4. The Bertz CT molecular complexity index is 889. The number of hydrogen-bond acceptors (Lipinski definition) is 5. The van der Waals surface area contributed by atoms with Crippen LogP contribution in [0.2, 0.25) is 0 Å². The average molecular weight is 439 g/mol. The number of hydrogen-bond donors (Lipinski definition) is 0. The molecule has 0 unspecified atom stereocenters. The van der Waals surface area contributed by atoms with Gasteiger partial charge in [-0.1, -0.05) is 31.6 Å². The molecule has 0 radical (unpaired) electrons. The fraction of sp³-hybridized carbons (Fsp3) is 0.407. The zero-order valence-electron chi connectivity index (χ0n) is 19.6. The second-order valence-electron chi connectivity index (χ2n) is 8.85. The van der Waals surface area contributed by atoms with E-state index in [0.29, 0.717) is 23.5 Å². The lowest BCUT2D eigenvalue weighted by Gasteiger charge is -2.21. The lowest BCUT2D eigenvalue weighted by molar-refractivity contribution is -0.139. The Morgan fingerprint density at radius 3 is 2.03 bits per heavy atom. The van der Waals surface area contributed by atoms with Crippen LogP contribution >= 0.6 is 0 Å². The van der Waals surface area contributed by atoms with E-state index in [1.54, 1.807) is 43.3 Å². The third-order valence-corrected chi connectivity index (χ3v) is 4.59. The zero-order valence-corrected chi connectivity index (χ0v) is 19.6. The van der Waals surface area contributed by atoms with Crippen molar-refractivity contribution in [2.24, 2.45) is 0 Å². The Morgan fingerprint density at radius 1 is 0.844 bits per heavy atom. The summed E-state index contributed by atoms with van der Waals surface area (Å²) in [4.78, 5) is 23.7. The largest absolute Gasteiger partial charge is 0.488 e. The highest BCUT2D eigenvalue weighted by Gasteiger charge is 2.13. The minimum Gasteiger partial charge on any atom is -0.488 e. The lowest BCUT2D eigenvalue weighted by Crippen LogP contribution is -2.22. The molecule has 2 aromatic carbocycles. The molecule has 0 heterocycles. The van der Waals surface area contributed by atoms with E-state index in [4.69, 9.17) is 14.2 Å². The first kappa shape index (κ1) is 25.2. The molecule has 0 fully saturated rings. The van der Waals surface area contributed by atoms with Crippen molar-refractivity contribution in [3.63, 3.8) is 0 Å². The first-order valence-corrected chi connectivity index (χ1v) is 11.1. The topological polar surface area (TPSA) is 61.8 Å². The van der Waals surface area contributed by atoms with Crippen LogP contribution < -0.4 is 9.47 Å². The number of esters is 2. The van der Waals surface area contributed by atoms with Gasteiger partial charge in [0.1, 0.15) is 17.1 Å². The van der Waals surface area contributed by atoms with Crippen LogP contribution in [0.15, 0.2) is 60.7 Å². The van der Waals surface area contributed by atoms with Crippen LogP contribution in [0.25, 0.3) is 0 Å². The summed E-state index contributed by atoms with van der Waals surface area (Å²) in [6.45, 7) is 11.6. The molecule has 0 spiro atoms. The standard InChI is InChI=1S/C27H34O5/c1-20(2)25(28)30-19-9-7-6-8-10-21-11-13-22(14-12-21)26(29)31-23-15-17-24(18-16-23)32-27(3,4)5/h11-18H,1,6-10,19H2,2-5H3. The Hall–Kier alpha value is -3.08. The van der Waals surface area contributed by atoms with E-state index >= 15 is 0 Å². The predicted octanol–water partition coefficient (Wildman–Crippen LogP) is 6.31. The minimum absolute atomic E-state index is 0.278. The summed E-state index contributed by atoms with van der Waals surface area (Å²) in [5.41, 5.74) is 1.85. The molecule has 0 aliphatic rings. The molecule has 0 saturated carbocycles. The molecular weight excluding hydrogens is 404 g/mol. The minimum atomic E-state index is -0.384. The van der Waals surface area contributed by atoms with Gasteiger partial charge in [-0.05, 0) is 88.9 Å². The highest BCUT2D eigenvalue weighted by molar-refractivity contribution is 5.91. The third kappa shape index (κ3) is 9.38. The molecule has 5 heteroatoms. The number of aryl methyl sites for hydroxylation is 1. The predicted molar refractivity (Wildman–Crippen MR) is 126 cm³/mol. The van der Waals surface area contributed by atoms with Gasteiger partial charge in [-0.25, -0.2) is 9.59 Å². The molecule has 5 nitrogen and oxygen atoms in total. The summed E-state index contributed by atoms with van der Waals surface area (Å²) in [5.74, 6) is 0.504. The van der Waals surface area contributed by atoms with Gasteiger partial charge in [-0.15, -0.1) is 0 Å². The van der Waals surface area contributed by atoms with E-state index in [2.05, 4.69) is 6.58 Å². The molecule has 0 aliphatic carbocycles. The van der Waals surface area contributed by atoms with Crippen molar-refractivity contribution in [3.8, 4) is 11.5 Å². The monoisotopic (exact) mass is 438 g/mol. The molecule has 0 atom stereocenters. The Balaban J connectivity index is 1.71. The molecule has 0 N–H and O–H groups in total. The summed E-state index contributed by atoms with van der Waals surface area (Å²) in [5, 5.41) is 0. The van der Waals surface area contributed by atoms with Gasteiger partial charge in [0.05, 0.1) is 12.2 Å². The van der Waals surface area contributed by atoms with Crippen LogP contribution in [0.4, 0.5) is 0 Å². The first-order chi connectivity index (χ1) is 15.1. The normalized spacial score (nSPS) is 11.0. The van der Waals surface area contributed by atoms with E-state index < -0.39 is 0 Å². The molecule has 32 heavy (non-hydrogen) atoms. The number of carbonyl (C=O) groups is 2. The highest BCUT2D eigenvalue weighted by Crippen LogP contribution is 2.22. The highest BCUT2D eigenvalue weighted by atomic mass is 16.5. The number of rotatable bonds is 11. The molecule has 2 rings (SSSR count). The Kier molecular flexibility index (Phi) is 9.51. The van der Waals surface area contributed by atoms with Gasteiger partial charge in [0.15, 0.2) is 0 Å². The number of carbonyl (C=O) groups excluding carboxylic acids is 2. The molecule has 0 saturated heterocycles. The van der Waals surface area contributed by atoms with Gasteiger partial charge in [0.2, 0.25) is 0 Å². The maximum atomic E-state index is 12.4. The molecule has 172 valence electrons. The van der Waals surface area contributed by atoms with Gasteiger partial charge in [-0.3, -0.25) is 0 Å². The van der Waals surface area contributed by atoms with Crippen LogP contribution in [0, 0.1) is 0 Å². The quantitative estimate of drug-likeness (QED) is 0.178.